The molecule has 0 aliphatic heterocycles. The van der Waals surface area contributed by atoms with E-state index in [9.17, 15) is 13.2 Å². The number of methoxy groups -OCH3 is 1. The van der Waals surface area contributed by atoms with Gasteiger partial charge in [0.15, 0.2) is 5.11 Å². The Morgan fingerprint density at radius 3 is 2.53 bits per heavy atom. The molecule has 10 nitrogen and oxygen atoms in total. The minimum absolute atomic E-state index is 0.00963. The zero-order valence-corrected chi connectivity index (χ0v) is 20.1. The molecule has 0 fully saturated rings. The molecule has 3 aromatic rings. The topological polar surface area (TPSA) is 132 Å². The highest BCUT2D eigenvalue weighted by Crippen LogP contribution is 2.22. The smallest absolute Gasteiger partial charge is 0.263 e. The highest BCUT2D eigenvalue weighted by atomic mass is 32.2. The molecule has 1 heterocycles. The fourth-order valence-electron chi connectivity index (χ4n) is 2.73. The van der Waals surface area contributed by atoms with Crippen molar-refractivity contribution in [2.75, 3.05) is 23.8 Å². The van der Waals surface area contributed by atoms with Crippen molar-refractivity contribution >= 4 is 44.8 Å². The minimum atomic E-state index is -3.93. The van der Waals surface area contributed by atoms with Crippen molar-refractivity contribution in [3.05, 3.63) is 66.5 Å². The molecule has 0 saturated carbocycles. The Morgan fingerprint density at radius 2 is 1.82 bits per heavy atom. The number of aromatic nitrogens is 2. The number of carbonyl (C=O) groups excluding carboxylic acids is 1. The average Bonchev–Trinajstić information content (AvgIpc) is 2.83. The maximum atomic E-state index is 12.7. The fraction of sp³-hybridized carbons (Fsp3) is 0.182. The van der Waals surface area contributed by atoms with E-state index in [0.29, 0.717) is 23.6 Å². The summed E-state index contributed by atoms with van der Waals surface area (Å²) in [6.45, 7) is 2.55. The van der Waals surface area contributed by atoms with E-state index in [-0.39, 0.29) is 21.7 Å². The molecule has 1 amide bonds. The summed E-state index contributed by atoms with van der Waals surface area (Å²) in [5, 5.41) is 5.49. The average molecular weight is 502 g/mol. The SMILES string of the molecule is CCCOc1cccc(C(=O)NC(=S)Nc2ccc(S(=O)(=O)Nc3nccnc3OC)cc2)c1. The third kappa shape index (κ3) is 6.62. The molecular formula is C22H23N5O5S2. The van der Waals surface area contributed by atoms with Crippen molar-refractivity contribution < 1.29 is 22.7 Å². The number of sulfonamides is 1. The molecule has 0 aliphatic rings. The number of rotatable bonds is 9. The van der Waals surface area contributed by atoms with Gasteiger partial charge in [-0.1, -0.05) is 13.0 Å². The summed E-state index contributed by atoms with van der Waals surface area (Å²) in [5.41, 5.74) is 0.881. The number of hydrogen-bond donors (Lipinski definition) is 3. The van der Waals surface area contributed by atoms with Crippen molar-refractivity contribution in [3.8, 4) is 11.6 Å². The van der Waals surface area contributed by atoms with E-state index in [0.717, 1.165) is 6.42 Å². The molecule has 0 atom stereocenters. The highest BCUT2D eigenvalue weighted by molar-refractivity contribution is 7.92. The largest absolute Gasteiger partial charge is 0.494 e. The van der Waals surface area contributed by atoms with Gasteiger partial charge in [-0.15, -0.1) is 0 Å². The van der Waals surface area contributed by atoms with Crippen LogP contribution in [0.1, 0.15) is 23.7 Å². The standard InChI is InChI=1S/C22H23N5O5S2/c1-3-13-32-17-6-4-5-15(14-17)20(28)26-22(33)25-16-7-9-18(10-8-16)34(29,30)27-19-21(31-2)24-12-11-23-19/h4-12,14H,3,13H2,1-2H3,(H,23,27)(H2,25,26,28,33). The Hall–Kier alpha value is -3.77. The van der Waals surface area contributed by atoms with Gasteiger partial charge in [0, 0.05) is 23.6 Å². The van der Waals surface area contributed by atoms with Crippen LogP contribution < -0.4 is 24.8 Å². The van der Waals surface area contributed by atoms with Crippen LogP contribution >= 0.6 is 12.2 Å². The normalized spacial score (nSPS) is 10.8. The predicted octanol–water partition coefficient (Wildman–Crippen LogP) is 3.20. The van der Waals surface area contributed by atoms with E-state index >= 15 is 0 Å². The highest BCUT2D eigenvalue weighted by Gasteiger charge is 2.18. The first-order valence-electron chi connectivity index (χ1n) is 10.2. The van der Waals surface area contributed by atoms with Crippen molar-refractivity contribution in [1.82, 2.24) is 15.3 Å². The lowest BCUT2D eigenvalue weighted by Crippen LogP contribution is -2.34. The second kappa shape index (κ2) is 11.4. The van der Waals surface area contributed by atoms with Gasteiger partial charge in [0.1, 0.15) is 5.75 Å². The Kier molecular flexibility index (Phi) is 8.33. The number of carbonyl (C=O) groups is 1. The van der Waals surface area contributed by atoms with Crippen molar-refractivity contribution in [2.45, 2.75) is 18.2 Å². The molecule has 3 N–H and O–H groups in total. The Balaban J connectivity index is 1.62. The zero-order chi connectivity index (χ0) is 24.6. The summed E-state index contributed by atoms with van der Waals surface area (Å²) in [6, 6.07) is 12.6. The monoisotopic (exact) mass is 501 g/mol. The Bertz CT molecular complexity index is 1270. The molecule has 0 aliphatic carbocycles. The zero-order valence-electron chi connectivity index (χ0n) is 18.4. The first kappa shape index (κ1) is 24.9. The molecule has 3 rings (SSSR count). The summed E-state index contributed by atoms with van der Waals surface area (Å²) >= 11 is 5.20. The summed E-state index contributed by atoms with van der Waals surface area (Å²) in [5.74, 6) is 0.215. The first-order chi connectivity index (χ1) is 16.3. The van der Waals surface area contributed by atoms with Gasteiger partial charge in [0.25, 0.3) is 21.8 Å². The quantitative estimate of drug-likeness (QED) is 0.378. The molecule has 0 spiro atoms. The molecular weight excluding hydrogens is 478 g/mol. The van der Waals surface area contributed by atoms with E-state index < -0.39 is 15.9 Å². The Labute approximate surface area is 202 Å². The van der Waals surface area contributed by atoms with E-state index in [1.165, 1.54) is 43.8 Å². The van der Waals surface area contributed by atoms with E-state index in [1.807, 2.05) is 6.92 Å². The van der Waals surface area contributed by atoms with Crippen LogP contribution in [0.3, 0.4) is 0 Å². The molecule has 0 bridgehead atoms. The fourth-order valence-corrected chi connectivity index (χ4v) is 3.95. The van der Waals surface area contributed by atoms with Gasteiger partial charge in [-0.05, 0) is 61.1 Å². The van der Waals surface area contributed by atoms with Crippen molar-refractivity contribution in [3.63, 3.8) is 0 Å². The third-order valence-corrected chi connectivity index (χ3v) is 5.87. The number of ether oxygens (including phenoxy) is 2. The Morgan fingerprint density at radius 1 is 1.09 bits per heavy atom. The molecule has 178 valence electrons. The maximum absolute atomic E-state index is 12.7. The van der Waals surface area contributed by atoms with Crippen molar-refractivity contribution in [2.24, 2.45) is 0 Å². The first-order valence-corrected chi connectivity index (χ1v) is 12.0. The number of nitrogens with one attached hydrogen (secondary N) is 3. The van der Waals surface area contributed by atoms with E-state index in [4.69, 9.17) is 21.7 Å². The summed E-state index contributed by atoms with van der Waals surface area (Å²) in [6.07, 6.45) is 3.59. The molecule has 34 heavy (non-hydrogen) atoms. The van der Waals surface area contributed by atoms with Crippen LogP contribution in [0.25, 0.3) is 0 Å². The number of benzene rings is 2. The van der Waals surface area contributed by atoms with Crippen LogP contribution in [0.2, 0.25) is 0 Å². The lowest BCUT2D eigenvalue weighted by atomic mass is 10.2. The number of thiocarbonyl (C=S) groups is 1. The lowest BCUT2D eigenvalue weighted by Gasteiger charge is -2.12. The van der Waals surface area contributed by atoms with E-state index in [1.54, 1.807) is 24.3 Å². The van der Waals surface area contributed by atoms with Gasteiger partial charge >= 0.3 is 0 Å². The van der Waals surface area contributed by atoms with Crippen LogP contribution in [0.4, 0.5) is 11.5 Å². The second-order valence-electron chi connectivity index (χ2n) is 6.83. The maximum Gasteiger partial charge on any atom is 0.263 e. The van der Waals surface area contributed by atoms with Gasteiger partial charge in [0.05, 0.1) is 18.6 Å². The molecule has 12 heteroatoms. The molecule has 0 unspecified atom stereocenters. The van der Waals surface area contributed by atoms with Gasteiger partial charge in [-0.25, -0.2) is 18.4 Å². The van der Waals surface area contributed by atoms with Crippen LogP contribution in [0.15, 0.2) is 65.8 Å². The molecule has 0 radical (unpaired) electrons. The lowest BCUT2D eigenvalue weighted by molar-refractivity contribution is 0.0977. The van der Waals surface area contributed by atoms with Crippen LogP contribution in [0.5, 0.6) is 11.6 Å². The third-order valence-electron chi connectivity index (χ3n) is 4.31. The summed E-state index contributed by atoms with van der Waals surface area (Å²) in [7, 11) is -2.57. The number of nitrogens with zero attached hydrogens (tertiary/aromatic N) is 2. The van der Waals surface area contributed by atoms with E-state index in [2.05, 4.69) is 25.3 Å². The predicted molar refractivity (Wildman–Crippen MR) is 132 cm³/mol. The number of hydrogen-bond acceptors (Lipinski definition) is 8. The summed E-state index contributed by atoms with van der Waals surface area (Å²) < 4.78 is 38.2. The molecule has 0 saturated heterocycles. The van der Waals surface area contributed by atoms with Gasteiger partial charge in [-0.3, -0.25) is 14.8 Å². The van der Waals surface area contributed by atoms with Crippen LogP contribution in [-0.2, 0) is 10.0 Å². The van der Waals surface area contributed by atoms with Gasteiger partial charge < -0.3 is 14.8 Å². The summed E-state index contributed by atoms with van der Waals surface area (Å²) in [4.78, 5) is 20.3. The van der Waals surface area contributed by atoms with Gasteiger partial charge in [-0.2, -0.15) is 0 Å². The molecule has 2 aromatic carbocycles. The van der Waals surface area contributed by atoms with Crippen LogP contribution in [0, 0.1) is 0 Å². The van der Waals surface area contributed by atoms with Crippen LogP contribution in [-0.4, -0.2) is 43.1 Å². The molecule has 1 aromatic heterocycles. The van der Waals surface area contributed by atoms with Crippen molar-refractivity contribution in [1.29, 1.82) is 0 Å². The second-order valence-corrected chi connectivity index (χ2v) is 8.92. The van der Waals surface area contributed by atoms with Gasteiger partial charge in [0.2, 0.25) is 5.82 Å². The minimum Gasteiger partial charge on any atom is -0.494 e. The number of anilines is 2. The number of amides is 1.